The third-order valence-electron chi connectivity index (χ3n) is 5.86. The predicted octanol–water partition coefficient (Wildman–Crippen LogP) is 5.76. The summed E-state index contributed by atoms with van der Waals surface area (Å²) in [5.74, 6) is -4.35. The van der Waals surface area contributed by atoms with E-state index in [4.69, 9.17) is 39.5 Å². The van der Waals surface area contributed by atoms with Crippen molar-refractivity contribution >= 4 is 69.6 Å². The van der Waals surface area contributed by atoms with Crippen molar-refractivity contribution in [3.63, 3.8) is 0 Å². The minimum Gasteiger partial charge on any atom is -0.368 e. The molecule has 2 unspecified atom stereocenters. The molecule has 4 rings (SSSR count). The number of amides is 3. The van der Waals surface area contributed by atoms with Crippen LogP contribution < -0.4 is 16.0 Å². The molecule has 0 bridgehead atoms. The number of benzene rings is 2. The first-order valence-corrected chi connectivity index (χ1v) is 12.3. The molecule has 3 N–H and O–H groups in total. The second-order valence-corrected chi connectivity index (χ2v) is 10.8. The maximum Gasteiger partial charge on any atom is 0.257 e. The van der Waals surface area contributed by atoms with Gasteiger partial charge in [0.25, 0.3) is 11.8 Å². The number of ether oxygens (including phenoxy) is 1. The highest BCUT2D eigenvalue weighted by Crippen LogP contribution is 2.53. The number of hydrogen-bond acceptors (Lipinski definition) is 4. The van der Waals surface area contributed by atoms with Crippen molar-refractivity contribution in [1.29, 1.82) is 0 Å². The van der Waals surface area contributed by atoms with Crippen LogP contribution >= 0.6 is 34.8 Å². The molecular formula is C24H22Cl3F2N3O4. The van der Waals surface area contributed by atoms with Gasteiger partial charge >= 0.3 is 0 Å². The Bertz CT molecular complexity index is 1220. The largest absolute Gasteiger partial charge is 0.368 e. The number of alkyl halides is 2. The van der Waals surface area contributed by atoms with Gasteiger partial charge in [-0.25, -0.2) is 8.78 Å². The summed E-state index contributed by atoms with van der Waals surface area (Å²) in [6.45, 7) is 1.88. The molecular weight excluding hydrogens is 539 g/mol. The Kier molecular flexibility index (Phi) is 7.75. The van der Waals surface area contributed by atoms with Gasteiger partial charge in [-0.1, -0.05) is 11.6 Å². The van der Waals surface area contributed by atoms with Crippen molar-refractivity contribution in [3.8, 4) is 0 Å². The van der Waals surface area contributed by atoms with Crippen LogP contribution in [0, 0.1) is 23.5 Å². The van der Waals surface area contributed by atoms with Crippen LogP contribution in [0.5, 0.6) is 0 Å². The molecule has 2 saturated carbocycles. The maximum atomic E-state index is 15.1. The number of halogens is 5. The SMILES string of the molecule is CC(OCC1CC1)C(=O)Nc1c(F)ccc(NC(=O)c2cc(NC(=O)C3CC3(Cl)Cl)ccc2Cl)c1F. The summed E-state index contributed by atoms with van der Waals surface area (Å²) in [6, 6.07) is 6.07. The lowest BCUT2D eigenvalue weighted by Gasteiger charge is -2.16. The van der Waals surface area contributed by atoms with E-state index in [0.29, 0.717) is 18.9 Å². The first-order chi connectivity index (χ1) is 17.0. The Labute approximate surface area is 220 Å². The fourth-order valence-corrected chi connectivity index (χ4v) is 4.03. The third-order valence-corrected chi connectivity index (χ3v) is 7.02. The summed E-state index contributed by atoms with van der Waals surface area (Å²) >= 11 is 17.9. The Morgan fingerprint density at radius 3 is 2.44 bits per heavy atom. The van der Waals surface area contributed by atoms with E-state index < -0.39 is 51.4 Å². The van der Waals surface area contributed by atoms with Gasteiger partial charge in [-0.05, 0) is 62.4 Å². The highest BCUT2D eigenvalue weighted by molar-refractivity contribution is 6.52. The van der Waals surface area contributed by atoms with Crippen LogP contribution in [0.15, 0.2) is 30.3 Å². The number of hydrogen-bond donors (Lipinski definition) is 3. The molecule has 3 amide bonds. The van der Waals surface area contributed by atoms with Crippen LogP contribution in [0.3, 0.4) is 0 Å². The fourth-order valence-electron chi connectivity index (χ4n) is 3.32. The Morgan fingerprint density at radius 2 is 1.81 bits per heavy atom. The van der Waals surface area contributed by atoms with E-state index in [9.17, 15) is 18.8 Å². The summed E-state index contributed by atoms with van der Waals surface area (Å²) in [7, 11) is 0. The molecule has 2 atom stereocenters. The smallest absolute Gasteiger partial charge is 0.257 e. The second-order valence-electron chi connectivity index (χ2n) is 8.85. The molecule has 0 spiro atoms. The average molecular weight is 561 g/mol. The van der Waals surface area contributed by atoms with Gasteiger partial charge in [-0.2, -0.15) is 0 Å². The molecule has 2 aliphatic rings. The van der Waals surface area contributed by atoms with Gasteiger partial charge in [-0.15, -0.1) is 23.2 Å². The zero-order valence-corrected chi connectivity index (χ0v) is 21.2. The Morgan fingerprint density at radius 1 is 1.11 bits per heavy atom. The van der Waals surface area contributed by atoms with E-state index in [1.54, 1.807) is 0 Å². The molecule has 2 aliphatic carbocycles. The lowest BCUT2D eigenvalue weighted by Crippen LogP contribution is -2.29. The molecule has 0 saturated heterocycles. The number of carbonyl (C=O) groups is 3. The molecule has 36 heavy (non-hydrogen) atoms. The number of rotatable bonds is 9. The van der Waals surface area contributed by atoms with Crippen LogP contribution in [-0.2, 0) is 14.3 Å². The molecule has 7 nitrogen and oxygen atoms in total. The molecule has 2 aromatic rings. The van der Waals surface area contributed by atoms with Gasteiger partial charge in [0.15, 0.2) is 5.82 Å². The molecule has 2 fully saturated rings. The molecule has 0 aliphatic heterocycles. The van der Waals surface area contributed by atoms with Crippen LogP contribution in [-0.4, -0.2) is 34.8 Å². The molecule has 2 aromatic carbocycles. The molecule has 0 aromatic heterocycles. The van der Waals surface area contributed by atoms with Crippen LogP contribution in [0.4, 0.5) is 25.8 Å². The van der Waals surface area contributed by atoms with Gasteiger partial charge in [0.05, 0.1) is 28.8 Å². The first kappa shape index (κ1) is 26.6. The summed E-state index contributed by atoms with van der Waals surface area (Å²) in [4.78, 5) is 37.4. The quantitative estimate of drug-likeness (QED) is 0.340. The zero-order chi connectivity index (χ0) is 26.2. The minimum atomic E-state index is -1.18. The van der Waals surface area contributed by atoms with Crippen molar-refractivity contribution in [3.05, 3.63) is 52.6 Å². The Balaban J connectivity index is 1.45. The highest BCUT2D eigenvalue weighted by Gasteiger charge is 2.56. The van der Waals surface area contributed by atoms with E-state index in [-0.39, 0.29) is 22.0 Å². The first-order valence-electron chi connectivity index (χ1n) is 11.2. The number of anilines is 3. The average Bonchev–Trinajstić information content (AvgIpc) is 3.75. The summed E-state index contributed by atoms with van der Waals surface area (Å²) in [5.41, 5.74) is -0.939. The lowest BCUT2D eigenvalue weighted by molar-refractivity contribution is -0.126. The van der Waals surface area contributed by atoms with Crippen molar-refractivity contribution in [2.45, 2.75) is 36.6 Å². The fraction of sp³-hybridized carbons (Fsp3) is 0.375. The zero-order valence-electron chi connectivity index (χ0n) is 19.0. The summed E-state index contributed by atoms with van der Waals surface area (Å²) in [5, 5.41) is 7.12. The minimum absolute atomic E-state index is 0.0265. The van der Waals surface area contributed by atoms with E-state index in [2.05, 4.69) is 16.0 Å². The topological polar surface area (TPSA) is 96.5 Å². The van der Waals surface area contributed by atoms with E-state index >= 15 is 4.39 Å². The number of carbonyl (C=O) groups excluding carboxylic acids is 3. The second kappa shape index (κ2) is 10.5. The van der Waals surface area contributed by atoms with E-state index in [0.717, 1.165) is 25.0 Å². The molecule has 0 radical (unpaired) electrons. The van der Waals surface area contributed by atoms with Crippen LogP contribution in [0.1, 0.15) is 36.5 Å². The van der Waals surface area contributed by atoms with Gasteiger partial charge < -0.3 is 20.7 Å². The summed E-state index contributed by atoms with van der Waals surface area (Å²) < 4.78 is 33.7. The van der Waals surface area contributed by atoms with E-state index in [1.807, 2.05) is 0 Å². The summed E-state index contributed by atoms with van der Waals surface area (Å²) in [6.07, 6.45) is 1.44. The lowest BCUT2D eigenvalue weighted by atomic mass is 10.1. The maximum absolute atomic E-state index is 15.1. The standard InChI is InChI=1S/C24H22Cl3F2N3O4/c1-11(36-10-12-2-3-12)21(33)32-20-17(28)6-7-18(19(20)29)31-22(34)14-8-13(4-5-16(14)25)30-23(35)15-9-24(15,26)27/h4-8,11-12,15H,2-3,9-10H2,1H3,(H,30,35)(H,31,34)(H,32,33). The van der Waals surface area contributed by atoms with Gasteiger partial charge in [-0.3, -0.25) is 14.4 Å². The van der Waals surface area contributed by atoms with Gasteiger partial charge in [0, 0.05) is 5.69 Å². The highest BCUT2D eigenvalue weighted by atomic mass is 35.5. The van der Waals surface area contributed by atoms with Crippen molar-refractivity contribution < 1.29 is 27.9 Å². The van der Waals surface area contributed by atoms with Crippen molar-refractivity contribution in [2.75, 3.05) is 22.6 Å². The van der Waals surface area contributed by atoms with Crippen molar-refractivity contribution in [2.24, 2.45) is 11.8 Å². The van der Waals surface area contributed by atoms with Crippen LogP contribution in [0.25, 0.3) is 0 Å². The normalized spacial score (nSPS) is 18.8. The third kappa shape index (κ3) is 6.26. The van der Waals surface area contributed by atoms with E-state index in [1.165, 1.54) is 25.1 Å². The van der Waals surface area contributed by atoms with Crippen molar-refractivity contribution in [1.82, 2.24) is 0 Å². The van der Waals surface area contributed by atoms with Crippen LogP contribution in [0.2, 0.25) is 5.02 Å². The molecule has 12 heteroatoms. The monoisotopic (exact) mass is 559 g/mol. The molecule has 0 heterocycles. The van der Waals surface area contributed by atoms with Gasteiger partial charge in [0.1, 0.15) is 21.9 Å². The van der Waals surface area contributed by atoms with Gasteiger partial charge in [0.2, 0.25) is 5.91 Å². The number of nitrogens with one attached hydrogen (secondary N) is 3. The Hall–Kier alpha value is -2.46. The molecule has 192 valence electrons. The predicted molar refractivity (Wildman–Crippen MR) is 134 cm³/mol.